The lowest BCUT2D eigenvalue weighted by Gasteiger charge is -2.06. The molecule has 0 unspecified atom stereocenters. The highest BCUT2D eigenvalue weighted by molar-refractivity contribution is 7.98. The molecule has 0 bridgehead atoms. The second-order valence-electron chi connectivity index (χ2n) is 3.68. The molecule has 0 N–H and O–H groups in total. The van der Waals surface area contributed by atoms with E-state index in [0.717, 1.165) is 16.7 Å². The molecule has 0 radical (unpaired) electrons. The van der Waals surface area contributed by atoms with Gasteiger partial charge in [0.05, 0.1) is 0 Å². The fourth-order valence-corrected chi connectivity index (χ4v) is 3.21. The number of thioether (sulfide) groups is 1. The Balaban J connectivity index is 2.13. The van der Waals surface area contributed by atoms with Crippen molar-refractivity contribution in [3.8, 4) is 0 Å². The molecule has 0 heterocycles. The second-order valence-corrected chi connectivity index (χ2v) is 5.54. The summed E-state index contributed by atoms with van der Waals surface area (Å²) in [4.78, 5) is 11.7. The molecule has 2 aromatic rings. The SMILES string of the molecule is O=Cc1cccc(SCc2c(Cl)cccc2Cl)c1. The van der Waals surface area contributed by atoms with Crippen LogP contribution in [0.3, 0.4) is 0 Å². The van der Waals surface area contributed by atoms with E-state index in [9.17, 15) is 4.79 Å². The van der Waals surface area contributed by atoms with Crippen molar-refractivity contribution in [2.45, 2.75) is 10.6 Å². The predicted octanol–water partition coefficient (Wildman–Crippen LogP) is 5.10. The van der Waals surface area contributed by atoms with Crippen molar-refractivity contribution in [1.29, 1.82) is 0 Å². The predicted molar refractivity (Wildman–Crippen MR) is 77.9 cm³/mol. The van der Waals surface area contributed by atoms with Gasteiger partial charge in [-0.15, -0.1) is 11.8 Å². The summed E-state index contributed by atoms with van der Waals surface area (Å²) in [5.74, 6) is 0.681. The molecule has 0 aliphatic rings. The molecule has 0 aromatic heterocycles. The summed E-state index contributed by atoms with van der Waals surface area (Å²) in [5.41, 5.74) is 1.59. The van der Waals surface area contributed by atoms with Gasteiger partial charge in [-0.1, -0.05) is 41.4 Å². The van der Waals surface area contributed by atoms with Gasteiger partial charge in [-0.05, 0) is 29.8 Å². The number of carbonyl (C=O) groups is 1. The van der Waals surface area contributed by atoms with E-state index >= 15 is 0 Å². The van der Waals surface area contributed by atoms with Gasteiger partial charge in [0.15, 0.2) is 0 Å². The molecular weight excluding hydrogens is 287 g/mol. The number of carbonyl (C=O) groups excluding carboxylic acids is 1. The maximum atomic E-state index is 10.7. The smallest absolute Gasteiger partial charge is 0.150 e. The third kappa shape index (κ3) is 3.29. The molecule has 92 valence electrons. The van der Waals surface area contributed by atoms with Gasteiger partial charge < -0.3 is 0 Å². The highest BCUT2D eigenvalue weighted by Crippen LogP contribution is 2.31. The van der Waals surface area contributed by atoms with Crippen LogP contribution in [0.5, 0.6) is 0 Å². The fourth-order valence-electron chi connectivity index (χ4n) is 1.50. The van der Waals surface area contributed by atoms with Crippen molar-refractivity contribution >= 4 is 41.2 Å². The number of hydrogen-bond acceptors (Lipinski definition) is 2. The van der Waals surface area contributed by atoms with Crippen LogP contribution in [-0.4, -0.2) is 6.29 Å². The Bertz CT molecular complexity index is 549. The molecule has 4 heteroatoms. The Labute approximate surface area is 120 Å². The molecule has 0 atom stereocenters. The Kier molecular flexibility index (Phi) is 4.70. The van der Waals surface area contributed by atoms with Gasteiger partial charge in [0.1, 0.15) is 6.29 Å². The van der Waals surface area contributed by atoms with Gasteiger partial charge in [0, 0.05) is 26.3 Å². The molecule has 18 heavy (non-hydrogen) atoms. The highest BCUT2D eigenvalue weighted by atomic mass is 35.5. The van der Waals surface area contributed by atoms with E-state index in [1.807, 2.05) is 36.4 Å². The molecule has 0 aliphatic carbocycles. The minimum Gasteiger partial charge on any atom is -0.298 e. The summed E-state index contributed by atoms with van der Waals surface area (Å²) >= 11 is 13.8. The average molecular weight is 297 g/mol. The van der Waals surface area contributed by atoms with E-state index in [4.69, 9.17) is 23.2 Å². The Morgan fingerprint density at radius 1 is 1.06 bits per heavy atom. The molecule has 0 spiro atoms. The summed E-state index contributed by atoms with van der Waals surface area (Å²) in [6.07, 6.45) is 0.840. The first kappa shape index (κ1) is 13.5. The lowest BCUT2D eigenvalue weighted by atomic mass is 10.2. The van der Waals surface area contributed by atoms with Crippen LogP contribution in [-0.2, 0) is 5.75 Å². The van der Waals surface area contributed by atoms with Crippen molar-refractivity contribution in [3.63, 3.8) is 0 Å². The van der Waals surface area contributed by atoms with Crippen molar-refractivity contribution < 1.29 is 4.79 Å². The maximum Gasteiger partial charge on any atom is 0.150 e. The largest absolute Gasteiger partial charge is 0.298 e. The third-order valence-electron chi connectivity index (χ3n) is 2.44. The number of benzene rings is 2. The molecule has 2 rings (SSSR count). The first-order chi connectivity index (χ1) is 8.70. The van der Waals surface area contributed by atoms with E-state index in [0.29, 0.717) is 21.4 Å². The van der Waals surface area contributed by atoms with Crippen LogP contribution in [0.1, 0.15) is 15.9 Å². The zero-order valence-corrected chi connectivity index (χ0v) is 11.7. The Morgan fingerprint density at radius 2 is 1.72 bits per heavy atom. The molecule has 0 amide bonds. The lowest BCUT2D eigenvalue weighted by molar-refractivity contribution is 0.112. The number of hydrogen-bond donors (Lipinski definition) is 0. The van der Waals surface area contributed by atoms with Crippen molar-refractivity contribution in [2.75, 3.05) is 0 Å². The van der Waals surface area contributed by atoms with Crippen LogP contribution in [0.2, 0.25) is 10.0 Å². The van der Waals surface area contributed by atoms with Crippen LogP contribution in [0.4, 0.5) is 0 Å². The van der Waals surface area contributed by atoms with E-state index in [1.165, 1.54) is 0 Å². The van der Waals surface area contributed by atoms with Crippen molar-refractivity contribution in [1.82, 2.24) is 0 Å². The first-order valence-electron chi connectivity index (χ1n) is 5.31. The summed E-state index contributed by atoms with van der Waals surface area (Å²) in [7, 11) is 0. The van der Waals surface area contributed by atoms with Crippen molar-refractivity contribution in [2.24, 2.45) is 0 Å². The minimum absolute atomic E-state index is 0.668. The molecular formula is C14H10Cl2OS. The summed E-state index contributed by atoms with van der Waals surface area (Å²) in [6, 6.07) is 12.9. The van der Waals surface area contributed by atoms with Gasteiger partial charge in [-0.2, -0.15) is 0 Å². The van der Waals surface area contributed by atoms with Crippen LogP contribution in [0.25, 0.3) is 0 Å². The Hall–Kier alpha value is -0.960. The molecule has 0 saturated carbocycles. The van der Waals surface area contributed by atoms with Gasteiger partial charge in [-0.3, -0.25) is 4.79 Å². The van der Waals surface area contributed by atoms with Crippen molar-refractivity contribution in [3.05, 3.63) is 63.6 Å². The summed E-state index contributed by atoms with van der Waals surface area (Å²) in [5, 5.41) is 1.34. The second kappa shape index (κ2) is 6.28. The quantitative estimate of drug-likeness (QED) is 0.577. The molecule has 1 nitrogen and oxygen atoms in total. The molecule has 0 saturated heterocycles. The van der Waals surface area contributed by atoms with Crippen LogP contribution in [0, 0.1) is 0 Å². The average Bonchev–Trinajstić information content (AvgIpc) is 2.38. The number of rotatable bonds is 4. The van der Waals surface area contributed by atoms with E-state index in [-0.39, 0.29) is 0 Å². The third-order valence-corrected chi connectivity index (χ3v) is 4.17. The number of halogens is 2. The highest BCUT2D eigenvalue weighted by Gasteiger charge is 2.06. The van der Waals surface area contributed by atoms with Crippen LogP contribution in [0.15, 0.2) is 47.4 Å². The normalized spacial score (nSPS) is 10.3. The van der Waals surface area contributed by atoms with Crippen LogP contribution < -0.4 is 0 Å². The summed E-state index contributed by atoms with van der Waals surface area (Å²) < 4.78 is 0. The molecule has 0 aliphatic heterocycles. The van der Waals surface area contributed by atoms with Gasteiger partial charge >= 0.3 is 0 Å². The number of aldehydes is 1. The topological polar surface area (TPSA) is 17.1 Å². The monoisotopic (exact) mass is 296 g/mol. The standard InChI is InChI=1S/C14H10Cl2OS/c15-13-5-2-6-14(16)12(13)9-18-11-4-1-3-10(7-11)8-17/h1-8H,9H2. The first-order valence-corrected chi connectivity index (χ1v) is 7.06. The maximum absolute atomic E-state index is 10.7. The molecule has 2 aromatic carbocycles. The van der Waals surface area contributed by atoms with Gasteiger partial charge in [0.2, 0.25) is 0 Å². The fraction of sp³-hybridized carbons (Fsp3) is 0.0714. The van der Waals surface area contributed by atoms with E-state index in [1.54, 1.807) is 17.8 Å². The minimum atomic E-state index is 0.668. The Morgan fingerprint density at radius 3 is 2.39 bits per heavy atom. The zero-order chi connectivity index (χ0) is 13.0. The van der Waals surface area contributed by atoms with Crippen LogP contribution >= 0.6 is 35.0 Å². The molecule has 0 fully saturated rings. The van der Waals surface area contributed by atoms with E-state index in [2.05, 4.69) is 0 Å². The summed E-state index contributed by atoms with van der Waals surface area (Å²) in [6.45, 7) is 0. The van der Waals surface area contributed by atoms with Gasteiger partial charge in [-0.25, -0.2) is 0 Å². The van der Waals surface area contributed by atoms with E-state index < -0.39 is 0 Å². The lowest BCUT2D eigenvalue weighted by Crippen LogP contribution is -1.85. The zero-order valence-electron chi connectivity index (χ0n) is 9.40. The van der Waals surface area contributed by atoms with Gasteiger partial charge in [0.25, 0.3) is 0 Å².